The number of non-ortho nitro benzene ring substituents is 1. The second-order valence-corrected chi connectivity index (χ2v) is 11.1. The van der Waals surface area contributed by atoms with Crippen molar-refractivity contribution in [1.29, 1.82) is 0 Å². The van der Waals surface area contributed by atoms with E-state index in [0.29, 0.717) is 30.3 Å². The van der Waals surface area contributed by atoms with Crippen LogP contribution in [0.15, 0.2) is 107 Å². The summed E-state index contributed by atoms with van der Waals surface area (Å²) in [6.45, 7) is 4.53. The predicted octanol–water partition coefficient (Wildman–Crippen LogP) is 6.23. The summed E-state index contributed by atoms with van der Waals surface area (Å²) >= 11 is 0. The van der Waals surface area contributed by atoms with Gasteiger partial charge in [0.2, 0.25) is 10.0 Å². The quantitative estimate of drug-likeness (QED) is 0.105. The molecule has 218 valence electrons. The number of nitrogens with one attached hydrogen (secondary N) is 1. The molecule has 0 fully saturated rings. The van der Waals surface area contributed by atoms with E-state index in [1.807, 2.05) is 60.7 Å². The van der Waals surface area contributed by atoms with Crippen LogP contribution in [-0.4, -0.2) is 37.0 Å². The second kappa shape index (κ2) is 14.2. The lowest BCUT2D eigenvalue weighted by Gasteiger charge is -2.20. The van der Waals surface area contributed by atoms with Gasteiger partial charge in [-0.15, -0.1) is 0 Å². The Hall–Kier alpha value is -4.74. The maximum atomic E-state index is 13.3. The first-order valence-electron chi connectivity index (χ1n) is 13.4. The molecule has 0 unspecified atom stereocenters. The Kier molecular flexibility index (Phi) is 10.2. The molecule has 0 aliphatic carbocycles. The number of nitro benzene ring substituents is 1. The molecule has 4 rings (SSSR count). The lowest BCUT2D eigenvalue weighted by Crippen LogP contribution is -2.31. The molecule has 0 atom stereocenters. The van der Waals surface area contributed by atoms with Crippen LogP contribution in [0.1, 0.15) is 30.5 Å². The molecule has 4 aromatic rings. The number of sulfonamides is 1. The van der Waals surface area contributed by atoms with Gasteiger partial charge in [-0.2, -0.15) is 9.41 Å². The Labute approximate surface area is 245 Å². The molecule has 0 bridgehead atoms. The molecule has 0 saturated carbocycles. The monoisotopic (exact) mass is 588 g/mol. The molecule has 1 N–H and O–H groups in total. The lowest BCUT2D eigenvalue weighted by atomic mass is 10.2. The molecule has 10 nitrogen and oxygen atoms in total. The topological polar surface area (TPSA) is 123 Å². The normalized spacial score (nSPS) is 11.5. The standard InChI is InChI=1S/C31H32N4O6S/c1-3-34(4-2)42(38,39)31-19-27(35(36)37)16-18-29(31)33-32-21-26-15-17-28(40-22-24-11-7-5-8-12-24)20-30(26)41-23-25-13-9-6-10-14-25/h5-21,33H,3-4,22-23H2,1-2H3/b32-21-. The number of nitro groups is 1. The third-order valence-corrected chi connectivity index (χ3v) is 8.45. The van der Waals surface area contributed by atoms with Crippen LogP contribution in [-0.2, 0) is 23.2 Å². The van der Waals surface area contributed by atoms with Gasteiger partial charge in [-0.3, -0.25) is 15.5 Å². The lowest BCUT2D eigenvalue weighted by molar-refractivity contribution is -0.385. The van der Waals surface area contributed by atoms with E-state index in [2.05, 4.69) is 10.5 Å². The van der Waals surface area contributed by atoms with E-state index in [-0.39, 0.29) is 29.4 Å². The van der Waals surface area contributed by atoms with Crippen molar-refractivity contribution < 1.29 is 22.8 Å². The zero-order valence-corrected chi connectivity index (χ0v) is 24.2. The molecule has 0 heterocycles. The second-order valence-electron chi connectivity index (χ2n) is 9.15. The summed E-state index contributed by atoms with van der Waals surface area (Å²) in [5.41, 5.74) is 5.14. The molecule has 0 amide bonds. The fraction of sp³-hybridized carbons (Fsp3) is 0.194. The van der Waals surface area contributed by atoms with E-state index in [1.165, 1.54) is 22.7 Å². The van der Waals surface area contributed by atoms with Gasteiger partial charge < -0.3 is 9.47 Å². The summed E-state index contributed by atoms with van der Waals surface area (Å²) in [5.74, 6) is 1.12. The van der Waals surface area contributed by atoms with Crippen molar-refractivity contribution in [3.8, 4) is 11.5 Å². The van der Waals surface area contributed by atoms with Gasteiger partial charge in [0.1, 0.15) is 29.6 Å². The zero-order valence-electron chi connectivity index (χ0n) is 23.3. The molecule has 42 heavy (non-hydrogen) atoms. The van der Waals surface area contributed by atoms with E-state index in [1.54, 1.807) is 32.0 Å². The van der Waals surface area contributed by atoms with Crippen LogP contribution in [0.2, 0.25) is 0 Å². The van der Waals surface area contributed by atoms with Crippen LogP contribution in [0.3, 0.4) is 0 Å². The molecule has 0 aromatic heterocycles. The minimum absolute atomic E-state index is 0.110. The highest BCUT2D eigenvalue weighted by Gasteiger charge is 2.27. The van der Waals surface area contributed by atoms with Crippen LogP contribution in [0.4, 0.5) is 11.4 Å². The van der Waals surface area contributed by atoms with Crippen LogP contribution in [0.25, 0.3) is 0 Å². The number of rotatable bonds is 14. The summed E-state index contributed by atoms with van der Waals surface area (Å²) < 4.78 is 39.9. The van der Waals surface area contributed by atoms with Crippen LogP contribution in [0, 0.1) is 10.1 Å². The molecule has 0 radical (unpaired) electrons. The average Bonchev–Trinajstić information content (AvgIpc) is 3.01. The molecule has 0 aliphatic heterocycles. The summed E-state index contributed by atoms with van der Waals surface area (Å²) in [4.78, 5) is 10.5. The van der Waals surface area contributed by atoms with Crippen LogP contribution in [0.5, 0.6) is 11.5 Å². The number of benzene rings is 4. The highest BCUT2D eigenvalue weighted by atomic mass is 32.2. The van der Waals surface area contributed by atoms with Crippen LogP contribution < -0.4 is 14.9 Å². The van der Waals surface area contributed by atoms with Crippen LogP contribution >= 0.6 is 0 Å². The molecular formula is C31H32N4O6S. The minimum Gasteiger partial charge on any atom is -0.489 e. The number of ether oxygens (including phenoxy) is 2. The number of hydrogen-bond donors (Lipinski definition) is 1. The van der Waals surface area contributed by atoms with Crippen molar-refractivity contribution in [2.45, 2.75) is 32.0 Å². The Morgan fingerprint density at radius 1 is 0.857 bits per heavy atom. The highest BCUT2D eigenvalue weighted by molar-refractivity contribution is 7.89. The maximum absolute atomic E-state index is 13.3. The number of hydrogen-bond acceptors (Lipinski definition) is 8. The SMILES string of the molecule is CCN(CC)S(=O)(=O)c1cc([N+](=O)[O-])ccc1N/N=C\c1ccc(OCc2ccccc2)cc1OCc1ccccc1. The van der Waals surface area contributed by atoms with Gasteiger partial charge in [0.25, 0.3) is 5.69 Å². The summed E-state index contributed by atoms with van der Waals surface area (Å²) in [6, 6.07) is 28.5. The molecular weight excluding hydrogens is 556 g/mol. The Balaban J connectivity index is 1.60. The first-order chi connectivity index (χ1) is 20.3. The van der Waals surface area contributed by atoms with Crippen molar-refractivity contribution in [1.82, 2.24) is 4.31 Å². The summed E-state index contributed by atoms with van der Waals surface area (Å²) in [7, 11) is -4.01. The van der Waals surface area contributed by atoms with E-state index >= 15 is 0 Å². The van der Waals surface area contributed by atoms with Gasteiger partial charge in [0.05, 0.1) is 16.8 Å². The fourth-order valence-electron chi connectivity index (χ4n) is 4.12. The van der Waals surface area contributed by atoms with Gasteiger partial charge in [-0.05, 0) is 29.3 Å². The zero-order chi connectivity index (χ0) is 30.0. The van der Waals surface area contributed by atoms with E-state index < -0.39 is 14.9 Å². The van der Waals surface area contributed by atoms with Gasteiger partial charge >= 0.3 is 0 Å². The van der Waals surface area contributed by atoms with Crippen molar-refractivity contribution in [2.75, 3.05) is 18.5 Å². The van der Waals surface area contributed by atoms with Gasteiger partial charge in [0, 0.05) is 36.9 Å². The van der Waals surface area contributed by atoms with E-state index in [9.17, 15) is 18.5 Å². The van der Waals surface area contributed by atoms with E-state index in [4.69, 9.17) is 9.47 Å². The summed E-state index contributed by atoms with van der Waals surface area (Å²) in [5, 5.41) is 15.6. The average molecular weight is 589 g/mol. The number of anilines is 1. The van der Waals surface area contributed by atoms with Crippen molar-refractivity contribution >= 4 is 27.6 Å². The molecule has 11 heteroatoms. The van der Waals surface area contributed by atoms with E-state index in [0.717, 1.165) is 17.2 Å². The Morgan fingerprint density at radius 3 is 2.07 bits per heavy atom. The van der Waals surface area contributed by atoms with Crippen molar-refractivity contribution in [3.63, 3.8) is 0 Å². The van der Waals surface area contributed by atoms with Gasteiger partial charge in [-0.25, -0.2) is 8.42 Å². The minimum atomic E-state index is -4.01. The maximum Gasteiger partial charge on any atom is 0.270 e. The number of nitrogens with zero attached hydrogens (tertiary/aromatic N) is 3. The molecule has 4 aromatic carbocycles. The predicted molar refractivity (Wildman–Crippen MR) is 162 cm³/mol. The third kappa shape index (κ3) is 7.71. The Morgan fingerprint density at radius 2 is 1.48 bits per heavy atom. The van der Waals surface area contributed by atoms with Crippen molar-refractivity contribution in [3.05, 3.63) is 124 Å². The molecule has 0 spiro atoms. The largest absolute Gasteiger partial charge is 0.489 e. The van der Waals surface area contributed by atoms with Gasteiger partial charge in [-0.1, -0.05) is 74.5 Å². The first-order valence-corrected chi connectivity index (χ1v) is 14.8. The summed E-state index contributed by atoms with van der Waals surface area (Å²) in [6.07, 6.45) is 1.50. The highest BCUT2D eigenvalue weighted by Crippen LogP contribution is 2.30. The molecule has 0 aliphatic rings. The fourth-order valence-corrected chi connectivity index (χ4v) is 5.74. The Bertz CT molecular complexity index is 1630. The number of hydrazone groups is 1. The third-order valence-electron chi connectivity index (χ3n) is 6.36. The van der Waals surface area contributed by atoms with Gasteiger partial charge in [0.15, 0.2) is 0 Å². The molecule has 0 saturated heterocycles. The smallest absolute Gasteiger partial charge is 0.270 e. The first kappa shape index (κ1) is 30.2. The van der Waals surface area contributed by atoms with Crippen molar-refractivity contribution in [2.24, 2.45) is 5.10 Å².